The molecule has 0 aromatic heterocycles. The summed E-state index contributed by atoms with van der Waals surface area (Å²) in [6, 6.07) is 6.12. The van der Waals surface area contributed by atoms with Gasteiger partial charge >= 0.3 is 0 Å². The van der Waals surface area contributed by atoms with Gasteiger partial charge in [0.05, 0.1) is 7.11 Å². The number of methoxy groups -OCH3 is 1. The maximum Gasteiger partial charge on any atom is 0.227 e. The van der Waals surface area contributed by atoms with Gasteiger partial charge in [0.15, 0.2) is 0 Å². The van der Waals surface area contributed by atoms with E-state index in [-0.39, 0.29) is 11.8 Å². The summed E-state index contributed by atoms with van der Waals surface area (Å²) in [7, 11) is 1.64. The van der Waals surface area contributed by atoms with E-state index in [1.165, 1.54) is 0 Å². The van der Waals surface area contributed by atoms with E-state index in [2.05, 4.69) is 17.6 Å². The summed E-state index contributed by atoms with van der Waals surface area (Å²) in [4.78, 5) is 12.2. The zero-order chi connectivity index (χ0) is 13.8. The Morgan fingerprint density at radius 3 is 2.89 bits per heavy atom. The molecule has 104 valence electrons. The standard InChI is InChI=1S/C15H22N2O2/c1-10-8-13(19-3)4-5-14(10)17-15(18)12-6-7-16-11(2)9-12/h4-5,8,11-12,16H,6-7,9H2,1-3H3,(H,17,18). The second-order valence-electron chi connectivity index (χ2n) is 5.25. The van der Waals surface area contributed by atoms with E-state index in [9.17, 15) is 4.79 Å². The maximum atomic E-state index is 12.2. The molecule has 1 aromatic rings. The zero-order valence-electron chi connectivity index (χ0n) is 11.8. The third-order valence-electron chi connectivity index (χ3n) is 3.69. The van der Waals surface area contributed by atoms with Crippen molar-refractivity contribution < 1.29 is 9.53 Å². The molecule has 2 atom stereocenters. The topological polar surface area (TPSA) is 50.4 Å². The first kappa shape index (κ1) is 13.9. The molecule has 2 N–H and O–H groups in total. The highest BCUT2D eigenvalue weighted by molar-refractivity contribution is 5.93. The molecular formula is C15H22N2O2. The highest BCUT2D eigenvalue weighted by Crippen LogP contribution is 2.23. The SMILES string of the molecule is COc1ccc(NC(=O)C2CCNC(C)C2)c(C)c1. The van der Waals surface area contributed by atoms with Gasteiger partial charge in [0.2, 0.25) is 5.91 Å². The quantitative estimate of drug-likeness (QED) is 0.879. The Labute approximate surface area is 114 Å². The van der Waals surface area contributed by atoms with Gasteiger partial charge in [-0.25, -0.2) is 0 Å². The molecule has 19 heavy (non-hydrogen) atoms. The fourth-order valence-corrected chi connectivity index (χ4v) is 2.51. The predicted octanol–water partition coefficient (Wildman–Crippen LogP) is 2.33. The molecule has 0 aliphatic carbocycles. The van der Waals surface area contributed by atoms with E-state index in [1.54, 1.807) is 7.11 Å². The number of carbonyl (C=O) groups excluding carboxylic acids is 1. The number of piperidine rings is 1. The van der Waals surface area contributed by atoms with Gasteiger partial charge in [0.25, 0.3) is 0 Å². The Balaban J connectivity index is 2.02. The predicted molar refractivity (Wildman–Crippen MR) is 76.5 cm³/mol. The molecule has 4 nitrogen and oxygen atoms in total. The minimum atomic E-state index is 0.109. The van der Waals surface area contributed by atoms with E-state index in [0.29, 0.717) is 6.04 Å². The Kier molecular flexibility index (Phi) is 4.43. The molecule has 4 heteroatoms. The van der Waals surface area contributed by atoms with Crippen LogP contribution in [0.5, 0.6) is 5.75 Å². The molecule has 1 fully saturated rings. The summed E-state index contributed by atoms with van der Waals surface area (Å²) < 4.78 is 5.16. The van der Waals surface area contributed by atoms with Crippen LogP contribution in [0.15, 0.2) is 18.2 Å². The van der Waals surface area contributed by atoms with Gasteiger partial charge < -0.3 is 15.4 Å². The normalized spacial score (nSPS) is 22.9. The Morgan fingerprint density at radius 2 is 2.26 bits per heavy atom. The lowest BCUT2D eigenvalue weighted by atomic mass is 9.92. The highest BCUT2D eigenvalue weighted by Gasteiger charge is 2.24. The fraction of sp³-hybridized carbons (Fsp3) is 0.533. The van der Waals surface area contributed by atoms with Gasteiger partial charge in [0, 0.05) is 17.6 Å². The van der Waals surface area contributed by atoms with Gasteiger partial charge in [-0.1, -0.05) is 0 Å². The zero-order valence-corrected chi connectivity index (χ0v) is 11.8. The smallest absolute Gasteiger partial charge is 0.227 e. The molecule has 0 bridgehead atoms. The highest BCUT2D eigenvalue weighted by atomic mass is 16.5. The van der Waals surface area contributed by atoms with Crippen molar-refractivity contribution in [2.24, 2.45) is 5.92 Å². The van der Waals surface area contributed by atoms with Gasteiger partial charge in [-0.2, -0.15) is 0 Å². The van der Waals surface area contributed by atoms with Crippen molar-refractivity contribution in [2.45, 2.75) is 32.7 Å². The molecule has 1 aliphatic heterocycles. The van der Waals surface area contributed by atoms with E-state index in [0.717, 1.165) is 36.4 Å². The van der Waals surface area contributed by atoms with Crippen molar-refractivity contribution in [3.63, 3.8) is 0 Å². The second kappa shape index (κ2) is 6.06. The van der Waals surface area contributed by atoms with Crippen LogP contribution < -0.4 is 15.4 Å². The molecule has 0 spiro atoms. The molecule has 0 radical (unpaired) electrons. The van der Waals surface area contributed by atoms with E-state index >= 15 is 0 Å². The number of ether oxygens (including phenoxy) is 1. The molecule has 1 heterocycles. The van der Waals surface area contributed by atoms with Crippen LogP contribution in [0.3, 0.4) is 0 Å². The molecule has 1 saturated heterocycles. The van der Waals surface area contributed by atoms with Crippen LogP contribution in [0.2, 0.25) is 0 Å². The minimum absolute atomic E-state index is 0.109. The number of amides is 1. The maximum absolute atomic E-state index is 12.2. The van der Waals surface area contributed by atoms with Crippen molar-refractivity contribution in [3.8, 4) is 5.75 Å². The van der Waals surface area contributed by atoms with Crippen molar-refractivity contribution in [1.82, 2.24) is 5.32 Å². The third-order valence-corrected chi connectivity index (χ3v) is 3.69. The fourth-order valence-electron chi connectivity index (χ4n) is 2.51. The van der Waals surface area contributed by atoms with Crippen LogP contribution >= 0.6 is 0 Å². The first-order valence-corrected chi connectivity index (χ1v) is 6.79. The largest absolute Gasteiger partial charge is 0.497 e. The molecule has 2 rings (SSSR count). The lowest BCUT2D eigenvalue weighted by Crippen LogP contribution is -2.40. The summed E-state index contributed by atoms with van der Waals surface area (Å²) in [5, 5.41) is 6.39. The van der Waals surface area contributed by atoms with Crippen LogP contribution in [0.1, 0.15) is 25.3 Å². The number of carbonyl (C=O) groups is 1. The summed E-state index contributed by atoms with van der Waals surface area (Å²) in [5.41, 5.74) is 1.90. The molecule has 2 unspecified atom stereocenters. The molecule has 1 aromatic carbocycles. The van der Waals surface area contributed by atoms with Gasteiger partial charge in [-0.05, 0) is 57.0 Å². The number of hydrogen-bond acceptors (Lipinski definition) is 3. The van der Waals surface area contributed by atoms with Gasteiger partial charge in [-0.3, -0.25) is 4.79 Å². The van der Waals surface area contributed by atoms with Crippen LogP contribution in [-0.2, 0) is 4.79 Å². The monoisotopic (exact) mass is 262 g/mol. The van der Waals surface area contributed by atoms with Crippen molar-refractivity contribution in [1.29, 1.82) is 0 Å². The summed E-state index contributed by atoms with van der Waals surface area (Å²) >= 11 is 0. The van der Waals surface area contributed by atoms with Gasteiger partial charge in [0.1, 0.15) is 5.75 Å². The van der Waals surface area contributed by atoms with E-state index in [1.807, 2.05) is 25.1 Å². The lowest BCUT2D eigenvalue weighted by Gasteiger charge is -2.27. The number of hydrogen-bond donors (Lipinski definition) is 2. The van der Waals surface area contributed by atoms with Gasteiger partial charge in [-0.15, -0.1) is 0 Å². The van der Waals surface area contributed by atoms with Crippen LogP contribution in [0.4, 0.5) is 5.69 Å². The number of aryl methyl sites for hydroxylation is 1. The van der Waals surface area contributed by atoms with Crippen LogP contribution in [0.25, 0.3) is 0 Å². The average molecular weight is 262 g/mol. The van der Waals surface area contributed by atoms with E-state index < -0.39 is 0 Å². The lowest BCUT2D eigenvalue weighted by molar-refractivity contribution is -0.120. The van der Waals surface area contributed by atoms with E-state index in [4.69, 9.17) is 4.74 Å². The average Bonchev–Trinajstić information content (AvgIpc) is 2.41. The third kappa shape index (κ3) is 3.47. The first-order chi connectivity index (χ1) is 9.10. The Hall–Kier alpha value is -1.55. The number of nitrogens with one attached hydrogen (secondary N) is 2. The Bertz CT molecular complexity index is 459. The van der Waals surface area contributed by atoms with Crippen LogP contribution in [0, 0.1) is 12.8 Å². The van der Waals surface area contributed by atoms with Crippen LogP contribution in [-0.4, -0.2) is 25.6 Å². The molecule has 1 amide bonds. The summed E-state index contributed by atoms with van der Waals surface area (Å²) in [6.45, 7) is 5.02. The molecular weight excluding hydrogens is 240 g/mol. The summed E-state index contributed by atoms with van der Waals surface area (Å²) in [6.07, 6.45) is 1.81. The van der Waals surface area contributed by atoms with Crippen molar-refractivity contribution >= 4 is 11.6 Å². The minimum Gasteiger partial charge on any atom is -0.497 e. The number of anilines is 1. The molecule has 1 aliphatic rings. The Morgan fingerprint density at radius 1 is 1.47 bits per heavy atom. The van der Waals surface area contributed by atoms with Crippen molar-refractivity contribution in [2.75, 3.05) is 19.0 Å². The second-order valence-corrected chi connectivity index (χ2v) is 5.25. The van der Waals surface area contributed by atoms with Crippen molar-refractivity contribution in [3.05, 3.63) is 23.8 Å². The molecule has 0 saturated carbocycles. The number of rotatable bonds is 3. The first-order valence-electron chi connectivity index (χ1n) is 6.79. The summed E-state index contributed by atoms with van der Waals surface area (Å²) in [5.74, 6) is 1.05. The number of benzene rings is 1.